The fourth-order valence-electron chi connectivity index (χ4n) is 1.66. The zero-order valence-corrected chi connectivity index (χ0v) is 7.07. The monoisotopic (exact) mass is 168 g/mol. The molecule has 0 fully saturated rings. The lowest BCUT2D eigenvalue weighted by Gasteiger charge is -2.01. The lowest BCUT2D eigenvalue weighted by Crippen LogP contribution is -2.14. The lowest BCUT2D eigenvalue weighted by molar-refractivity contribution is 1.15. The summed E-state index contributed by atoms with van der Waals surface area (Å²) in [6, 6.07) is 4.19. The van der Waals surface area contributed by atoms with Crippen LogP contribution in [0, 0.1) is 0 Å². The van der Waals surface area contributed by atoms with Gasteiger partial charge in [0.25, 0.3) is 0 Å². The first-order valence-electron chi connectivity index (χ1n) is 4.33. The van der Waals surface area contributed by atoms with E-state index in [9.17, 15) is 0 Å². The molecule has 0 atom stereocenters. The highest BCUT2D eigenvalue weighted by molar-refractivity contribution is 5.71. The number of benzene rings is 1. The quantitative estimate of drug-likeness (QED) is 0.548. The summed E-state index contributed by atoms with van der Waals surface area (Å²) < 4.78 is 0. The molecule has 0 saturated heterocycles. The van der Waals surface area contributed by atoms with E-state index in [1.165, 1.54) is 10.8 Å². The van der Waals surface area contributed by atoms with Gasteiger partial charge in [0.2, 0.25) is 0 Å². The average molecular weight is 168 g/mol. The third kappa shape index (κ3) is 0.952. The van der Waals surface area contributed by atoms with Crippen molar-refractivity contribution in [2.75, 3.05) is 6.54 Å². The Hall–Kier alpha value is -1.70. The molecule has 0 amide bonds. The van der Waals surface area contributed by atoms with Crippen molar-refractivity contribution in [3.05, 3.63) is 34.3 Å². The molecule has 1 heterocycles. The Balaban J connectivity index is 2.43. The van der Waals surface area contributed by atoms with E-state index in [2.05, 4.69) is 40.3 Å². The molecule has 1 aromatic carbocycles. The van der Waals surface area contributed by atoms with Gasteiger partial charge in [0.05, 0.1) is 17.6 Å². The SMILES string of the molecule is C1=Cc2cc3c(cc2=C1)N=CCN=3. The summed E-state index contributed by atoms with van der Waals surface area (Å²) in [7, 11) is 0. The van der Waals surface area contributed by atoms with Gasteiger partial charge in [-0.3, -0.25) is 9.98 Å². The highest BCUT2D eigenvalue weighted by Gasteiger charge is 2.03. The Morgan fingerprint density at radius 3 is 3.23 bits per heavy atom. The molecule has 13 heavy (non-hydrogen) atoms. The minimum Gasteiger partial charge on any atom is -0.277 e. The maximum Gasteiger partial charge on any atom is 0.0885 e. The summed E-state index contributed by atoms with van der Waals surface area (Å²) in [4.78, 5) is 8.68. The van der Waals surface area contributed by atoms with Crippen LogP contribution in [-0.4, -0.2) is 12.8 Å². The lowest BCUT2D eigenvalue weighted by atomic mass is 10.1. The maximum absolute atomic E-state index is 4.37. The number of nitrogens with zero attached hydrogens (tertiary/aromatic N) is 2. The molecule has 2 aliphatic rings. The second-order valence-corrected chi connectivity index (χ2v) is 3.15. The molecule has 0 unspecified atom stereocenters. The third-order valence-electron chi connectivity index (χ3n) is 2.31. The van der Waals surface area contributed by atoms with Crippen LogP contribution in [0.1, 0.15) is 5.56 Å². The number of aliphatic imine (C=N–C) groups is 1. The van der Waals surface area contributed by atoms with E-state index in [1.807, 2.05) is 6.21 Å². The van der Waals surface area contributed by atoms with E-state index in [4.69, 9.17) is 0 Å². The molecule has 0 aromatic heterocycles. The number of allylic oxidation sites excluding steroid dienone is 1. The van der Waals surface area contributed by atoms with E-state index < -0.39 is 0 Å². The van der Waals surface area contributed by atoms with E-state index in [0.29, 0.717) is 6.54 Å². The summed E-state index contributed by atoms with van der Waals surface area (Å²) in [6.45, 7) is 0.708. The Bertz CT molecular complexity index is 536. The first kappa shape index (κ1) is 6.78. The van der Waals surface area contributed by atoms with E-state index in [0.717, 1.165) is 11.0 Å². The smallest absolute Gasteiger partial charge is 0.0885 e. The van der Waals surface area contributed by atoms with Crippen molar-refractivity contribution >= 4 is 24.1 Å². The Kier molecular flexibility index (Phi) is 1.25. The van der Waals surface area contributed by atoms with Crippen molar-refractivity contribution in [2.24, 2.45) is 9.98 Å². The van der Waals surface area contributed by atoms with Gasteiger partial charge in [-0.25, -0.2) is 0 Å². The maximum atomic E-state index is 4.37. The minimum atomic E-state index is 0.708. The van der Waals surface area contributed by atoms with Gasteiger partial charge in [-0.2, -0.15) is 0 Å². The van der Waals surface area contributed by atoms with Gasteiger partial charge in [-0.05, 0) is 22.9 Å². The highest BCUT2D eigenvalue weighted by atomic mass is 14.8. The first-order valence-corrected chi connectivity index (χ1v) is 4.33. The van der Waals surface area contributed by atoms with E-state index in [-0.39, 0.29) is 0 Å². The number of hydrogen-bond donors (Lipinski definition) is 0. The topological polar surface area (TPSA) is 24.7 Å². The molecule has 0 spiro atoms. The predicted octanol–water partition coefficient (Wildman–Crippen LogP) is 0.829. The molecule has 0 N–H and O–H groups in total. The molecule has 2 heteroatoms. The molecule has 3 rings (SSSR count). The van der Waals surface area contributed by atoms with Crippen LogP contribution in [0.2, 0.25) is 0 Å². The number of fused-ring (bicyclic) bond motifs is 2. The van der Waals surface area contributed by atoms with Crippen LogP contribution in [0.3, 0.4) is 0 Å². The van der Waals surface area contributed by atoms with Crippen molar-refractivity contribution in [1.29, 1.82) is 0 Å². The van der Waals surface area contributed by atoms with Crippen molar-refractivity contribution in [1.82, 2.24) is 0 Å². The molecular weight excluding hydrogens is 160 g/mol. The average Bonchev–Trinajstić information content (AvgIpc) is 2.61. The molecule has 1 aliphatic heterocycles. The fourth-order valence-corrected chi connectivity index (χ4v) is 1.66. The number of rotatable bonds is 0. The molecule has 0 saturated carbocycles. The van der Waals surface area contributed by atoms with Crippen molar-refractivity contribution in [3.8, 4) is 0 Å². The zero-order chi connectivity index (χ0) is 8.67. The minimum absolute atomic E-state index is 0.708. The Morgan fingerprint density at radius 1 is 1.23 bits per heavy atom. The second-order valence-electron chi connectivity index (χ2n) is 3.15. The normalized spacial score (nSPS) is 16.0. The number of hydrogen-bond acceptors (Lipinski definition) is 2. The molecule has 0 radical (unpaired) electrons. The van der Waals surface area contributed by atoms with Gasteiger partial charge < -0.3 is 0 Å². The van der Waals surface area contributed by atoms with Crippen LogP contribution in [0.15, 0.2) is 28.2 Å². The fraction of sp³-hybridized carbons (Fsp3) is 0.0909. The van der Waals surface area contributed by atoms with E-state index >= 15 is 0 Å². The van der Waals surface area contributed by atoms with Crippen LogP contribution in [-0.2, 0) is 0 Å². The molecular formula is C11H8N2. The first-order chi connectivity index (χ1) is 6.43. The standard InChI is InChI=1S/C11H8N2/c1-2-8-6-10-11(7-9(8)3-1)13-5-4-12-10/h1-4,6-7H,5H2. The second kappa shape index (κ2) is 2.39. The summed E-state index contributed by atoms with van der Waals surface area (Å²) in [6.07, 6.45) is 8.10. The molecule has 1 aromatic rings. The summed E-state index contributed by atoms with van der Waals surface area (Å²) >= 11 is 0. The van der Waals surface area contributed by atoms with Gasteiger partial charge in [0.1, 0.15) is 0 Å². The van der Waals surface area contributed by atoms with Crippen LogP contribution < -0.4 is 10.6 Å². The summed E-state index contributed by atoms with van der Waals surface area (Å²) in [5.41, 5.74) is 2.24. The van der Waals surface area contributed by atoms with Crippen LogP contribution in [0.5, 0.6) is 0 Å². The van der Waals surface area contributed by atoms with Crippen molar-refractivity contribution in [2.45, 2.75) is 0 Å². The summed E-state index contributed by atoms with van der Waals surface area (Å²) in [5, 5.41) is 2.26. The van der Waals surface area contributed by atoms with Crippen LogP contribution in [0.25, 0.3) is 12.2 Å². The van der Waals surface area contributed by atoms with Gasteiger partial charge in [0.15, 0.2) is 0 Å². The van der Waals surface area contributed by atoms with Gasteiger partial charge in [0, 0.05) is 6.21 Å². The zero-order valence-electron chi connectivity index (χ0n) is 7.07. The van der Waals surface area contributed by atoms with Gasteiger partial charge in [-0.15, -0.1) is 0 Å². The van der Waals surface area contributed by atoms with Gasteiger partial charge in [-0.1, -0.05) is 18.2 Å². The van der Waals surface area contributed by atoms with Crippen molar-refractivity contribution < 1.29 is 0 Å². The molecule has 0 bridgehead atoms. The van der Waals surface area contributed by atoms with Crippen LogP contribution >= 0.6 is 0 Å². The predicted molar refractivity (Wildman–Crippen MR) is 53.7 cm³/mol. The largest absolute Gasteiger partial charge is 0.277 e. The highest BCUT2D eigenvalue weighted by Crippen LogP contribution is 2.08. The van der Waals surface area contributed by atoms with Gasteiger partial charge >= 0.3 is 0 Å². The van der Waals surface area contributed by atoms with E-state index in [1.54, 1.807) is 0 Å². The summed E-state index contributed by atoms with van der Waals surface area (Å²) in [5.74, 6) is 0. The third-order valence-corrected chi connectivity index (χ3v) is 2.31. The van der Waals surface area contributed by atoms with Crippen molar-refractivity contribution in [3.63, 3.8) is 0 Å². The Labute approximate surface area is 75.7 Å². The Morgan fingerprint density at radius 2 is 2.23 bits per heavy atom. The molecule has 2 nitrogen and oxygen atoms in total. The molecule has 62 valence electrons. The molecule has 1 aliphatic carbocycles. The van der Waals surface area contributed by atoms with Crippen LogP contribution in [0.4, 0.5) is 5.69 Å².